The first kappa shape index (κ1) is 16.1. The molecule has 4 aliphatic carbocycles. The van der Waals surface area contributed by atoms with Gasteiger partial charge in [-0.15, -0.1) is 0 Å². The first-order chi connectivity index (χ1) is 11.5. The van der Waals surface area contributed by atoms with Crippen molar-refractivity contribution in [1.29, 1.82) is 0 Å². The van der Waals surface area contributed by atoms with Crippen molar-refractivity contribution in [2.24, 2.45) is 34.5 Å². The van der Waals surface area contributed by atoms with Gasteiger partial charge in [0.05, 0.1) is 5.60 Å². The van der Waals surface area contributed by atoms with Crippen molar-refractivity contribution < 1.29 is 5.11 Å². The Labute approximate surface area is 148 Å². The highest BCUT2D eigenvalue weighted by atomic mass is 16.3. The Morgan fingerprint density at radius 2 is 1.67 bits per heavy atom. The third-order valence-corrected chi connectivity index (χ3v) is 9.93. The number of nitrogens with zero attached hydrogens (tertiary/aromatic N) is 1. The van der Waals surface area contributed by atoms with E-state index < -0.39 is 5.60 Å². The van der Waals surface area contributed by atoms with Gasteiger partial charge in [-0.1, -0.05) is 26.7 Å². The zero-order valence-corrected chi connectivity index (χ0v) is 15.9. The molecule has 0 aromatic carbocycles. The van der Waals surface area contributed by atoms with Crippen molar-refractivity contribution in [1.82, 2.24) is 4.90 Å². The fraction of sp³-hybridized carbons (Fsp3) is 1.00. The third-order valence-electron chi connectivity index (χ3n) is 9.93. The van der Waals surface area contributed by atoms with E-state index in [9.17, 15) is 5.11 Å². The minimum Gasteiger partial charge on any atom is -0.388 e. The summed E-state index contributed by atoms with van der Waals surface area (Å²) in [7, 11) is 0. The Balaban J connectivity index is 1.43. The highest BCUT2D eigenvalue weighted by molar-refractivity contribution is 5.15. The van der Waals surface area contributed by atoms with Crippen LogP contribution in [0, 0.1) is 34.5 Å². The summed E-state index contributed by atoms with van der Waals surface area (Å²) in [5.41, 5.74) is 0.418. The van der Waals surface area contributed by atoms with E-state index in [4.69, 9.17) is 0 Å². The van der Waals surface area contributed by atoms with Crippen LogP contribution in [0.4, 0.5) is 0 Å². The lowest BCUT2D eigenvalue weighted by Crippen LogP contribution is -2.57. The summed E-state index contributed by atoms with van der Waals surface area (Å²) in [6.07, 6.45) is 13.9. The molecule has 136 valence electrons. The molecule has 5 rings (SSSR count). The maximum absolute atomic E-state index is 11.6. The van der Waals surface area contributed by atoms with Gasteiger partial charge in [0.1, 0.15) is 0 Å². The molecule has 24 heavy (non-hydrogen) atoms. The molecule has 5 aliphatic rings. The second kappa shape index (κ2) is 5.22. The molecular weight excluding hydrogens is 294 g/mol. The van der Waals surface area contributed by atoms with Crippen molar-refractivity contribution in [3.8, 4) is 0 Å². The lowest BCUT2D eigenvalue weighted by Gasteiger charge is -2.61. The molecule has 0 radical (unpaired) electrons. The average Bonchev–Trinajstić information content (AvgIpc) is 3.32. The van der Waals surface area contributed by atoms with Gasteiger partial charge in [-0.2, -0.15) is 0 Å². The Kier molecular flexibility index (Phi) is 3.51. The molecule has 0 aromatic heterocycles. The fourth-order valence-electron chi connectivity index (χ4n) is 8.26. The summed E-state index contributed by atoms with van der Waals surface area (Å²) in [6, 6.07) is 0. The lowest BCUT2D eigenvalue weighted by molar-refractivity contribution is -0.153. The number of fused-ring (bicyclic) bond motifs is 5. The summed E-state index contributed by atoms with van der Waals surface area (Å²) < 4.78 is 0. The van der Waals surface area contributed by atoms with Gasteiger partial charge in [0.25, 0.3) is 0 Å². The van der Waals surface area contributed by atoms with Gasteiger partial charge in [0.2, 0.25) is 0 Å². The zero-order valence-electron chi connectivity index (χ0n) is 15.9. The van der Waals surface area contributed by atoms with E-state index in [0.717, 1.165) is 36.6 Å². The smallest absolute Gasteiger partial charge is 0.0830 e. The second-order valence-electron chi connectivity index (χ2n) is 10.7. The molecule has 0 amide bonds. The van der Waals surface area contributed by atoms with E-state index >= 15 is 0 Å². The minimum atomic E-state index is -0.399. The number of hydrogen-bond donors (Lipinski definition) is 1. The van der Waals surface area contributed by atoms with Crippen LogP contribution in [0.25, 0.3) is 0 Å². The van der Waals surface area contributed by atoms with E-state index in [-0.39, 0.29) is 5.41 Å². The number of aliphatic hydroxyl groups is 1. The van der Waals surface area contributed by atoms with Crippen LogP contribution in [0.1, 0.15) is 78.1 Å². The van der Waals surface area contributed by atoms with Gasteiger partial charge in [0, 0.05) is 25.0 Å². The quantitative estimate of drug-likeness (QED) is 0.755. The summed E-state index contributed by atoms with van der Waals surface area (Å²) >= 11 is 0. The summed E-state index contributed by atoms with van der Waals surface area (Å²) in [5.74, 6) is 3.67. The van der Waals surface area contributed by atoms with Crippen molar-refractivity contribution in [2.75, 3.05) is 19.6 Å². The number of hydrogen-bond acceptors (Lipinski definition) is 2. The summed E-state index contributed by atoms with van der Waals surface area (Å²) in [4.78, 5) is 2.46. The SMILES string of the molecule is C[C@]12CCCC[C@@H]1CC[C@H]1[C@H]3CC[C@@](O)(CN4CC4)[C@@]3(C)CC[C@@H]12. The molecule has 2 heteroatoms. The maximum atomic E-state index is 11.6. The molecular formula is C22H37NO. The Morgan fingerprint density at radius 1 is 0.875 bits per heavy atom. The Bertz CT molecular complexity index is 516. The lowest BCUT2D eigenvalue weighted by atomic mass is 9.44. The van der Waals surface area contributed by atoms with Crippen molar-refractivity contribution >= 4 is 0 Å². The molecule has 1 aliphatic heterocycles. The Hall–Kier alpha value is -0.0800. The molecule has 4 saturated carbocycles. The second-order valence-corrected chi connectivity index (χ2v) is 10.7. The molecule has 7 atom stereocenters. The molecule has 0 bridgehead atoms. The predicted octanol–water partition coefficient (Wildman–Crippen LogP) is 4.47. The van der Waals surface area contributed by atoms with Crippen LogP contribution < -0.4 is 0 Å². The molecule has 0 spiro atoms. The van der Waals surface area contributed by atoms with Gasteiger partial charge < -0.3 is 5.11 Å². The van der Waals surface area contributed by atoms with Gasteiger partial charge in [-0.3, -0.25) is 4.90 Å². The third kappa shape index (κ3) is 2.08. The summed E-state index contributed by atoms with van der Waals surface area (Å²) in [5, 5.41) is 11.6. The molecule has 1 N–H and O–H groups in total. The first-order valence-corrected chi connectivity index (χ1v) is 10.9. The summed E-state index contributed by atoms with van der Waals surface area (Å²) in [6.45, 7) is 8.52. The molecule has 0 aromatic rings. The zero-order chi connectivity index (χ0) is 16.6. The molecule has 1 saturated heterocycles. The first-order valence-electron chi connectivity index (χ1n) is 10.9. The number of β-amino-alcohol motifs (C(OH)–C–C–N with tert-alkyl or cyclic N) is 1. The normalized spacial score (nSPS) is 57.1. The molecule has 5 fully saturated rings. The van der Waals surface area contributed by atoms with Crippen LogP contribution in [0.2, 0.25) is 0 Å². The maximum Gasteiger partial charge on any atom is 0.0830 e. The fourth-order valence-corrected chi connectivity index (χ4v) is 8.26. The molecule has 2 nitrogen and oxygen atoms in total. The minimum absolute atomic E-state index is 0.189. The van der Waals surface area contributed by atoms with E-state index in [1.807, 2.05) is 0 Å². The van der Waals surface area contributed by atoms with Crippen LogP contribution in [-0.2, 0) is 0 Å². The number of rotatable bonds is 2. The topological polar surface area (TPSA) is 23.2 Å². The monoisotopic (exact) mass is 331 g/mol. The van der Waals surface area contributed by atoms with Gasteiger partial charge >= 0.3 is 0 Å². The van der Waals surface area contributed by atoms with Gasteiger partial charge in [-0.05, 0) is 80.5 Å². The van der Waals surface area contributed by atoms with Gasteiger partial charge in [0.15, 0.2) is 0 Å². The van der Waals surface area contributed by atoms with Crippen molar-refractivity contribution in [3.05, 3.63) is 0 Å². The van der Waals surface area contributed by atoms with Crippen LogP contribution in [0.15, 0.2) is 0 Å². The van der Waals surface area contributed by atoms with Crippen LogP contribution in [-0.4, -0.2) is 35.2 Å². The highest BCUT2D eigenvalue weighted by Crippen LogP contribution is 2.68. The van der Waals surface area contributed by atoms with Crippen LogP contribution in [0.3, 0.4) is 0 Å². The predicted molar refractivity (Wildman–Crippen MR) is 97.7 cm³/mol. The molecule has 0 unspecified atom stereocenters. The van der Waals surface area contributed by atoms with Gasteiger partial charge in [-0.25, -0.2) is 0 Å². The van der Waals surface area contributed by atoms with Crippen LogP contribution >= 0.6 is 0 Å². The van der Waals surface area contributed by atoms with E-state index in [1.165, 1.54) is 70.9 Å². The van der Waals surface area contributed by atoms with E-state index in [2.05, 4.69) is 18.7 Å². The van der Waals surface area contributed by atoms with E-state index in [1.54, 1.807) is 0 Å². The largest absolute Gasteiger partial charge is 0.388 e. The highest BCUT2D eigenvalue weighted by Gasteiger charge is 2.64. The van der Waals surface area contributed by atoms with E-state index in [0.29, 0.717) is 5.41 Å². The van der Waals surface area contributed by atoms with Crippen molar-refractivity contribution in [3.63, 3.8) is 0 Å². The molecule has 1 heterocycles. The standard InChI is InChI=1S/C22H37NO/c1-20-10-4-3-5-16(20)6-7-17-18(20)8-11-21(2)19(17)9-12-22(21,24)15-23-13-14-23/h16-19,24H,3-15H2,1-2H3/t16-,17-,18+,19-,20+,21+,22-/m1/s1. The van der Waals surface area contributed by atoms with Crippen LogP contribution in [0.5, 0.6) is 0 Å². The van der Waals surface area contributed by atoms with Crippen molar-refractivity contribution in [2.45, 2.75) is 83.7 Å². The Morgan fingerprint density at radius 3 is 2.46 bits per heavy atom. The average molecular weight is 332 g/mol.